The number of carbonyl (C=O) groups is 1. The standard InChI is InChI=1S/C9H13N3O2/c1-7(2-5-13)12-9(14)8-6-10-3-4-11-8/h3-4,6-7,13H,2,5H2,1H3,(H,12,14). The van der Waals surface area contributed by atoms with E-state index in [-0.39, 0.29) is 24.2 Å². The Bertz CT molecular complexity index is 289. The van der Waals surface area contributed by atoms with E-state index in [0.29, 0.717) is 6.42 Å². The van der Waals surface area contributed by atoms with Gasteiger partial charge < -0.3 is 10.4 Å². The number of aromatic nitrogens is 2. The van der Waals surface area contributed by atoms with Crippen LogP contribution in [0.4, 0.5) is 0 Å². The minimum atomic E-state index is -0.265. The maximum absolute atomic E-state index is 11.4. The first-order valence-corrected chi connectivity index (χ1v) is 4.41. The Kier molecular flexibility index (Phi) is 4.00. The van der Waals surface area contributed by atoms with E-state index in [1.54, 1.807) is 0 Å². The fraction of sp³-hybridized carbons (Fsp3) is 0.444. The number of amides is 1. The molecular weight excluding hydrogens is 182 g/mol. The van der Waals surface area contributed by atoms with Crippen molar-refractivity contribution in [2.45, 2.75) is 19.4 Å². The largest absolute Gasteiger partial charge is 0.396 e. The van der Waals surface area contributed by atoms with Crippen molar-refractivity contribution in [1.29, 1.82) is 0 Å². The molecule has 0 saturated carbocycles. The Labute approximate surface area is 82.2 Å². The predicted molar refractivity (Wildman–Crippen MR) is 50.7 cm³/mol. The molecule has 0 aliphatic heterocycles. The molecular formula is C9H13N3O2. The lowest BCUT2D eigenvalue weighted by molar-refractivity contribution is 0.0929. The van der Waals surface area contributed by atoms with Crippen molar-refractivity contribution in [3.8, 4) is 0 Å². The number of aliphatic hydroxyl groups is 1. The third kappa shape index (κ3) is 3.10. The second kappa shape index (κ2) is 5.29. The number of nitrogens with one attached hydrogen (secondary N) is 1. The van der Waals surface area contributed by atoms with Crippen molar-refractivity contribution in [3.63, 3.8) is 0 Å². The Morgan fingerprint density at radius 2 is 2.43 bits per heavy atom. The van der Waals surface area contributed by atoms with Crippen LogP contribution in [0.1, 0.15) is 23.8 Å². The third-order valence-electron chi connectivity index (χ3n) is 1.74. The fourth-order valence-corrected chi connectivity index (χ4v) is 0.980. The van der Waals surface area contributed by atoms with Gasteiger partial charge in [0, 0.05) is 25.0 Å². The highest BCUT2D eigenvalue weighted by atomic mass is 16.3. The lowest BCUT2D eigenvalue weighted by Gasteiger charge is -2.11. The fourth-order valence-electron chi connectivity index (χ4n) is 0.980. The molecule has 0 bridgehead atoms. The maximum Gasteiger partial charge on any atom is 0.271 e. The zero-order valence-electron chi connectivity index (χ0n) is 7.97. The van der Waals surface area contributed by atoms with Crippen LogP contribution in [0, 0.1) is 0 Å². The van der Waals surface area contributed by atoms with Gasteiger partial charge in [0.25, 0.3) is 5.91 Å². The Morgan fingerprint density at radius 3 is 3.00 bits per heavy atom. The molecule has 14 heavy (non-hydrogen) atoms. The number of nitrogens with zero attached hydrogens (tertiary/aromatic N) is 2. The minimum absolute atomic E-state index is 0.0575. The van der Waals surface area contributed by atoms with Gasteiger partial charge in [0.2, 0.25) is 0 Å². The van der Waals surface area contributed by atoms with Crippen molar-refractivity contribution in [3.05, 3.63) is 24.3 Å². The maximum atomic E-state index is 11.4. The predicted octanol–water partition coefficient (Wildman–Crippen LogP) is -0.0227. The smallest absolute Gasteiger partial charge is 0.271 e. The molecule has 76 valence electrons. The first kappa shape index (κ1) is 10.6. The van der Waals surface area contributed by atoms with Crippen molar-refractivity contribution in [2.75, 3.05) is 6.61 Å². The number of rotatable bonds is 4. The normalized spacial score (nSPS) is 12.1. The summed E-state index contributed by atoms with van der Waals surface area (Å²) in [7, 11) is 0. The van der Waals surface area contributed by atoms with Crippen LogP contribution in [0.2, 0.25) is 0 Å². The van der Waals surface area contributed by atoms with Crippen LogP contribution >= 0.6 is 0 Å². The van der Waals surface area contributed by atoms with E-state index >= 15 is 0 Å². The number of carbonyl (C=O) groups excluding carboxylic acids is 1. The van der Waals surface area contributed by atoms with Crippen LogP contribution in [-0.4, -0.2) is 33.6 Å². The molecule has 1 aromatic heterocycles. The van der Waals surface area contributed by atoms with Gasteiger partial charge in [0.15, 0.2) is 0 Å². The van der Waals surface area contributed by atoms with Gasteiger partial charge in [-0.15, -0.1) is 0 Å². The number of aliphatic hydroxyl groups excluding tert-OH is 1. The second-order valence-corrected chi connectivity index (χ2v) is 2.98. The Balaban J connectivity index is 2.51. The zero-order chi connectivity index (χ0) is 10.4. The molecule has 0 aromatic carbocycles. The van der Waals surface area contributed by atoms with E-state index < -0.39 is 0 Å². The minimum Gasteiger partial charge on any atom is -0.396 e. The van der Waals surface area contributed by atoms with Crippen LogP contribution in [0.15, 0.2) is 18.6 Å². The zero-order valence-corrected chi connectivity index (χ0v) is 7.97. The van der Waals surface area contributed by atoms with E-state index in [1.165, 1.54) is 18.6 Å². The molecule has 1 atom stereocenters. The van der Waals surface area contributed by atoms with Gasteiger partial charge in [-0.25, -0.2) is 4.98 Å². The summed E-state index contributed by atoms with van der Waals surface area (Å²) in [5.74, 6) is -0.265. The Morgan fingerprint density at radius 1 is 1.64 bits per heavy atom. The summed E-state index contributed by atoms with van der Waals surface area (Å²) < 4.78 is 0. The monoisotopic (exact) mass is 195 g/mol. The SMILES string of the molecule is CC(CCO)NC(=O)c1cnccn1. The average Bonchev–Trinajstić information content (AvgIpc) is 2.19. The summed E-state index contributed by atoms with van der Waals surface area (Å²) in [5, 5.41) is 11.3. The summed E-state index contributed by atoms with van der Waals surface area (Å²) in [6.45, 7) is 1.88. The molecule has 0 aliphatic rings. The van der Waals surface area contributed by atoms with Crippen molar-refractivity contribution < 1.29 is 9.90 Å². The molecule has 5 heteroatoms. The van der Waals surface area contributed by atoms with Crippen LogP contribution in [0.3, 0.4) is 0 Å². The van der Waals surface area contributed by atoms with Crippen LogP contribution < -0.4 is 5.32 Å². The molecule has 1 heterocycles. The first-order valence-electron chi connectivity index (χ1n) is 4.41. The number of hydrogen-bond donors (Lipinski definition) is 2. The van der Waals surface area contributed by atoms with Gasteiger partial charge in [-0.05, 0) is 13.3 Å². The van der Waals surface area contributed by atoms with E-state index in [4.69, 9.17) is 5.11 Å². The van der Waals surface area contributed by atoms with Crippen LogP contribution in [0.5, 0.6) is 0 Å². The van der Waals surface area contributed by atoms with Gasteiger partial charge in [-0.2, -0.15) is 0 Å². The highest BCUT2D eigenvalue weighted by Crippen LogP contribution is 1.94. The topological polar surface area (TPSA) is 75.1 Å². The van der Waals surface area contributed by atoms with E-state index in [1.807, 2.05) is 6.92 Å². The molecule has 0 spiro atoms. The van der Waals surface area contributed by atoms with Gasteiger partial charge in [-0.3, -0.25) is 9.78 Å². The van der Waals surface area contributed by atoms with Gasteiger partial charge in [0.1, 0.15) is 5.69 Å². The molecule has 1 aromatic rings. The van der Waals surface area contributed by atoms with E-state index in [2.05, 4.69) is 15.3 Å². The molecule has 0 saturated heterocycles. The summed E-state index contributed by atoms with van der Waals surface area (Å²) >= 11 is 0. The molecule has 2 N–H and O–H groups in total. The van der Waals surface area contributed by atoms with Gasteiger partial charge in [0.05, 0.1) is 6.20 Å². The first-order chi connectivity index (χ1) is 6.74. The third-order valence-corrected chi connectivity index (χ3v) is 1.74. The average molecular weight is 195 g/mol. The lowest BCUT2D eigenvalue weighted by Crippen LogP contribution is -2.33. The second-order valence-electron chi connectivity index (χ2n) is 2.98. The molecule has 5 nitrogen and oxygen atoms in total. The summed E-state index contributed by atoms with van der Waals surface area (Å²) in [4.78, 5) is 19.1. The molecule has 1 unspecified atom stereocenters. The molecule has 0 fully saturated rings. The molecule has 0 radical (unpaired) electrons. The van der Waals surface area contributed by atoms with Crippen molar-refractivity contribution in [1.82, 2.24) is 15.3 Å². The Hall–Kier alpha value is -1.49. The summed E-state index contributed by atoms with van der Waals surface area (Å²) in [6.07, 6.45) is 4.91. The lowest BCUT2D eigenvalue weighted by atomic mass is 10.2. The van der Waals surface area contributed by atoms with Crippen molar-refractivity contribution in [2.24, 2.45) is 0 Å². The summed E-state index contributed by atoms with van der Waals surface area (Å²) in [6, 6.07) is -0.0606. The van der Waals surface area contributed by atoms with Gasteiger partial charge in [-0.1, -0.05) is 0 Å². The highest BCUT2D eigenvalue weighted by Gasteiger charge is 2.09. The van der Waals surface area contributed by atoms with Gasteiger partial charge >= 0.3 is 0 Å². The van der Waals surface area contributed by atoms with E-state index in [9.17, 15) is 4.79 Å². The molecule has 0 aliphatic carbocycles. The van der Waals surface area contributed by atoms with Crippen molar-refractivity contribution >= 4 is 5.91 Å². The highest BCUT2D eigenvalue weighted by molar-refractivity contribution is 5.92. The molecule has 1 rings (SSSR count). The quantitative estimate of drug-likeness (QED) is 0.707. The summed E-state index contributed by atoms with van der Waals surface area (Å²) in [5.41, 5.74) is 0.289. The van der Waals surface area contributed by atoms with Crippen LogP contribution in [0.25, 0.3) is 0 Å². The number of hydrogen-bond acceptors (Lipinski definition) is 4. The van der Waals surface area contributed by atoms with Crippen LogP contribution in [-0.2, 0) is 0 Å². The van der Waals surface area contributed by atoms with E-state index in [0.717, 1.165) is 0 Å². The molecule has 1 amide bonds.